The Kier molecular flexibility index (Phi) is 3.61. The van der Waals surface area contributed by atoms with Gasteiger partial charge in [0.25, 0.3) is 0 Å². The predicted molar refractivity (Wildman–Crippen MR) is 75.0 cm³/mol. The topological polar surface area (TPSA) is 3.24 Å². The molecule has 1 aromatic carbocycles. The second-order valence-corrected chi connectivity index (χ2v) is 4.05. The molecule has 0 N–H and O–H groups in total. The first kappa shape index (κ1) is 11.5. The number of para-hydroxylation sites is 1. The van der Waals surface area contributed by atoms with E-state index in [0.29, 0.717) is 0 Å². The maximum atomic E-state index is 4.04. The summed E-state index contributed by atoms with van der Waals surface area (Å²) in [5, 5.41) is 0. The zero-order valence-electron chi connectivity index (χ0n) is 9.97. The number of hydrogen-bond acceptors (Lipinski definition) is 1. The second kappa shape index (κ2) is 5.35. The lowest BCUT2D eigenvalue weighted by atomic mass is 10.1. The van der Waals surface area contributed by atoms with Gasteiger partial charge in [-0.3, -0.25) is 0 Å². The van der Waals surface area contributed by atoms with Crippen LogP contribution >= 0.6 is 0 Å². The van der Waals surface area contributed by atoms with Crippen LogP contribution < -0.4 is 4.90 Å². The predicted octanol–water partition coefficient (Wildman–Crippen LogP) is 4.08. The molecule has 0 aromatic heterocycles. The summed E-state index contributed by atoms with van der Waals surface area (Å²) < 4.78 is 0. The minimum atomic E-state index is 0.870. The van der Waals surface area contributed by atoms with Crippen molar-refractivity contribution in [2.75, 3.05) is 11.4 Å². The summed E-state index contributed by atoms with van der Waals surface area (Å²) in [6.07, 6.45) is 9.24. The van der Waals surface area contributed by atoms with Crippen LogP contribution in [0.4, 0.5) is 5.69 Å². The molecule has 0 unspecified atom stereocenters. The number of benzene rings is 1. The quantitative estimate of drug-likeness (QED) is 0.683. The van der Waals surface area contributed by atoms with Crippen molar-refractivity contribution >= 4 is 5.69 Å². The Bertz CT molecular complexity index is 466. The molecule has 0 aliphatic carbocycles. The summed E-state index contributed by atoms with van der Waals surface area (Å²) in [5.74, 6) is 0. The normalized spacial score (nSPS) is 21.1. The average molecular weight is 223 g/mol. The molecule has 86 valence electrons. The molecule has 0 radical (unpaired) electrons. The van der Waals surface area contributed by atoms with Crippen LogP contribution in [0, 0.1) is 0 Å². The Balaban J connectivity index is 2.38. The standard InChI is InChI=1S/C16H17N/c1-3-15-13-14(2)9-7-8-12-17(15)16-10-5-4-6-11-16/h3-8,10-11,13H,1-2,9,12H2/b8-7-,15-13-. The van der Waals surface area contributed by atoms with Crippen molar-refractivity contribution < 1.29 is 0 Å². The first-order chi connectivity index (χ1) is 8.31. The van der Waals surface area contributed by atoms with Gasteiger partial charge in [0, 0.05) is 17.9 Å². The van der Waals surface area contributed by atoms with Crippen molar-refractivity contribution in [3.63, 3.8) is 0 Å². The summed E-state index contributed by atoms with van der Waals surface area (Å²) >= 11 is 0. The van der Waals surface area contributed by atoms with Crippen LogP contribution in [0.25, 0.3) is 0 Å². The zero-order chi connectivity index (χ0) is 12.1. The van der Waals surface area contributed by atoms with Crippen LogP contribution in [0.1, 0.15) is 6.42 Å². The van der Waals surface area contributed by atoms with E-state index in [0.717, 1.165) is 24.2 Å². The number of rotatable bonds is 2. The smallest absolute Gasteiger partial charge is 0.0413 e. The summed E-state index contributed by atoms with van der Waals surface area (Å²) in [4.78, 5) is 2.23. The third kappa shape index (κ3) is 2.76. The van der Waals surface area contributed by atoms with E-state index in [1.807, 2.05) is 24.3 Å². The molecule has 1 aromatic rings. The molecule has 0 spiro atoms. The van der Waals surface area contributed by atoms with Crippen LogP contribution in [-0.4, -0.2) is 6.54 Å². The van der Waals surface area contributed by atoms with Gasteiger partial charge >= 0.3 is 0 Å². The Morgan fingerprint density at radius 1 is 1.12 bits per heavy atom. The van der Waals surface area contributed by atoms with E-state index >= 15 is 0 Å². The summed E-state index contributed by atoms with van der Waals surface area (Å²) in [6.45, 7) is 8.80. The molecule has 2 rings (SSSR count). The van der Waals surface area contributed by atoms with Crippen molar-refractivity contribution in [2.45, 2.75) is 6.42 Å². The van der Waals surface area contributed by atoms with Gasteiger partial charge in [-0.2, -0.15) is 0 Å². The Morgan fingerprint density at radius 2 is 1.88 bits per heavy atom. The highest BCUT2D eigenvalue weighted by Crippen LogP contribution is 2.22. The van der Waals surface area contributed by atoms with E-state index in [4.69, 9.17) is 0 Å². The van der Waals surface area contributed by atoms with Crippen molar-refractivity contribution in [1.82, 2.24) is 0 Å². The van der Waals surface area contributed by atoms with Crippen molar-refractivity contribution in [3.05, 3.63) is 79.1 Å². The number of anilines is 1. The monoisotopic (exact) mass is 223 g/mol. The first-order valence-corrected chi connectivity index (χ1v) is 5.81. The van der Waals surface area contributed by atoms with Gasteiger partial charge in [0.05, 0.1) is 0 Å². The SMILES string of the molecule is C=C/C1=C/C(=C)C/C=C\CN1c1ccccc1. The van der Waals surface area contributed by atoms with Gasteiger partial charge in [-0.15, -0.1) is 0 Å². The van der Waals surface area contributed by atoms with Crippen LogP contribution in [-0.2, 0) is 0 Å². The molecule has 1 heterocycles. The second-order valence-electron chi connectivity index (χ2n) is 4.05. The van der Waals surface area contributed by atoms with Crippen LogP contribution in [0.15, 0.2) is 79.1 Å². The molecular weight excluding hydrogens is 206 g/mol. The molecule has 0 saturated heterocycles. The van der Waals surface area contributed by atoms with Crippen LogP contribution in [0.2, 0.25) is 0 Å². The van der Waals surface area contributed by atoms with Crippen LogP contribution in [0.5, 0.6) is 0 Å². The van der Waals surface area contributed by atoms with Gasteiger partial charge in [-0.1, -0.05) is 43.5 Å². The minimum Gasteiger partial charge on any atom is -0.338 e. The summed E-state index contributed by atoms with van der Waals surface area (Å²) in [7, 11) is 0. The fourth-order valence-electron chi connectivity index (χ4n) is 1.90. The number of hydrogen-bond donors (Lipinski definition) is 0. The highest BCUT2D eigenvalue weighted by Gasteiger charge is 2.09. The fraction of sp³-hybridized carbons (Fsp3) is 0.125. The van der Waals surface area contributed by atoms with Gasteiger partial charge < -0.3 is 4.90 Å². The van der Waals surface area contributed by atoms with E-state index in [2.05, 4.69) is 48.4 Å². The molecule has 1 aliphatic heterocycles. The zero-order valence-corrected chi connectivity index (χ0v) is 9.97. The number of nitrogens with zero attached hydrogens (tertiary/aromatic N) is 1. The molecule has 1 nitrogen and oxygen atoms in total. The van der Waals surface area contributed by atoms with E-state index in [1.54, 1.807) is 0 Å². The van der Waals surface area contributed by atoms with E-state index in [1.165, 1.54) is 5.69 Å². The molecule has 1 aliphatic rings. The van der Waals surface area contributed by atoms with Gasteiger partial charge in [-0.05, 0) is 36.3 Å². The highest BCUT2D eigenvalue weighted by molar-refractivity contribution is 5.56. The third-order valence-electron chi connectivity index (χ3n) is 2.78. The highest BCUT2D eigenvalue weighted by atomic mass is 15.1. The van der Waals surface area contributed by atoms with Gasteiger partial charge in [0.2, 0.25) is 0 Å². The molecule has 0 bridgehead atoms. The summed E-state index contributed by atoms with van der Waals surface area (Å²) in [6, 6.07) is 10.3. The molecule has 0 fully saturated rings. The molecular formula is C16H17N. The van der Waals surface area contributed by atoms with Gasteiger partial charge in [0.1, 0.15) is 0 Å². The van der Waals surface area contributed by atoms with Crippen molar-refractivity contribution in [1.29, 1.82) is 0 Å². The Morgan fingerprint density at radius 3 is 2.59 bits per heavy atom. The van der Waals surface area contributed by atoms with E-state index in [-0.39, 0.29) is 0 Å². The molecule has 0 atom stereocenters. The largest absolute Gasteiger partial charge is 0.338 e. The van der Waals surface area contributed by atoms with Crippen molar-refractivity contribution in [3.8, 4) is 0 Å². The molecule has 0 amide bonds. The lowest BCUT2D eigenvalue weighted by Gasteiger charge is -2.26. The molecule has 1 heteroatoms. The fourth-order valence-corrected chi connectivity index (χ4v) is 1.90. The average Bonchev–Trinajstić information content (AvgIpc) is 2.35. The van der Waals surface area contributed by atoms with Crippen molar-refractivity contribution in [2.24, 2.45) is 0 Å². The lowest BCUT2D eigenvalue weighted by Crippen LogP contribution is -2.22. The maximum absolute atomic E-state index is 4.04. The first-order valence-electron chi connectivity index (χ1n) is 5.81. The van der Waals surface area contributed by atoms with E-state index < -0.39 is 0 Å². The Hall–Kier alpha value is -2.02. The lowest BCUT2D eigenvalue weighted by molar-refractivity contribution is 1.02. The van der Waals surface area contributed by atoms with Crippen LogP contribution in [0.3, 0.4) is 0 Å². The molecule has 0 saturated carbocycles. The van der Waals surface area contributed by atoms with Gasteiger partial charge in [0.15, 0.2) is 0 Å². The maximum Gasteiger partial charge on any atom is 0.0413 e. The Labute approximate surface area is 103 Å². The van der Waals surface area contributed by atoms with E-state index in [9.17, 15) is 0 Å². The third-order valence-corrected chi connectivity index (χ3v) is 2.78. The summed E-state index contributed by atoms with van der Waals surface area (Å²) in [5.41, 5.74) is 3.39. The number of allylic oxidation sites excluding steroid dienone is 4. The molecule has 17 heavy (non-hydrogen) atoms. The minimum absolute atomic E-state index is 0.870. The van der Waals surface area contributed by atoms with Gasteiger partial charge in [-0.25, -0.2) is 0 Å².